The maximum atomic E-state index is 13.3. The van der Waals surface area contributed by atoms with Gasteiger partial charge in [-0.3, -0.25) is 0 Å². The Morgan fingerprint density at radius 2 is 2.11 bits per heavy atom. The van der Waals surface area contributed by atoms with Crippen LogP contribution in [0.4, 0.5) is 10.3 Å². The number of aromatic nitrogens is 1. The molecule has 0 fully saturated rings. The molecule has 0 amide bonds. The molecule has 4 nitrogen and oxygen atoms in total. The van der Waals surface area contributed by atoms with Crippen LogP contribution in [0.3, 0.4) is 0 Å². The van der Waals surface area contributed by atoms with Gasteiger partial charge < -0.3 is 14.7 Å². The summed E-state index contributed by atoms with van der Waals surface area (Å²) in [6.45, 7) is 0. The van der Waals surface area contributed by atoms with Crippen molar-refractivity contribution in [2.24, 2.45) is 0 Å². The quantitative estimate of drug-likeness (QED) is 0.771. The Labute approximate surface area is 116 Å². The summed E-state index contributed by atoms with van der Waals surface area (Å²) in [5.74, 6) is -0.219. The molecule has 19 heavy (non-hydrogen) atoms. The van der Waals surface area contributed by atoms with Crippen LogP contribution in [-0.4, -0.2) is 5.16 Å². The first-order valence-electron chi connectivity index (χ1n) is 5.41. The van der Waals surface area contributed by atoms with Gasteiger partial charge in [0.15, 0.2) is 4.67 Å². The number of halogens is 2. The molecule has 0 saturated carbocycles. The monoisotopic (exact) mass is 322 g/mol. The second-order valence-electron chi connectivity index (χ2n) is 3.89. The molecule has 2 N–H and O–H groups in total. The third kappa shape index (κ3) is 2.04. The van der Waals surface area contributed by atoms with Crippen LogP contribution in [-0.2, 0) is 0 Å². The van der Waals surface area contributed by atoms with Crippen molar-refractivity contribution < 1.29 is 13.3 Å². The summed E-state index contributed by atoms with van der Waals surface area (Å²) in [6, 6.07) is 7.81. The third-order valence-corrected chi connectivity index (χ3v) is 3.32. The van der Waals surface area contributed by atoms with Crippen molar-refractivity contribution in [2.45, 2.75) is 0 Å². The number of nitrogens with zero attached hydrogens (tertiary/aromatic N) is 1. The first-order valence-corrected chi connectivity index (χ1v) is 6.20. The summed E-state index contributed by atoms with van der Waals surface area (Å²) >= 11 is 3.27. The number of hydrogen-bond donors (Lipinski definition) is 1. The second-order valence-corrected chi connectivity index (χ2v) is 4.61. The van der Waals surface area contributed by atoms with E-state index in [1.54, 1.807) is 18.2 Å². The van der Waals surface area contributed by atoms with Gasteiger partial charge in [0.25, 0.3) is 0 Å². The second kappa shape index (κ2) is 4.55. The molecule has 2 heterocycles. The van der Waals surface area contributed by atoms with Crippen molar-refractivity contribution in [1.82, 2.24) is 5.16 Å². The molecule has 0 bridgehead atoms. The fraction of sp³-hybridized carbons (Fsp3) is 0. The summed E-state index contributed by atoms with van der Waals surface area (Å²) in [5, 5.41) is 3.91. The highest BCUT2D eigenvalue weighted by Gasteiger charge is 2.20. The highest BCUT2D eigenvalue weighted by atomic mass is 79.9. The fourth-order valence-corrected chi connectivity index (χ4v) is 2.30. The van der Waals surface area contributed by atoms with Crippen molar-refractivity contribution in [1.29, 1.82) is 0 Å². The number of hydrogen-bond acceptors (Lipinski definition) is 4. The van der Waals surface area contributed by atoms with E-state index in [4.69, 9.17) is 14.7 Å². The summed E-state index contributed by atoms with van der Waals surface area (Å²) in [7, 11) is 0. The summed E-state index contributed by atoms with van der Waals surface area (Å²) in [6.07, 6.45) is 1.51. The lowest BCUT2D eigenvalue weighted by Crippen LogP contribution is -1.88. The Morgan fingerprint density at radius 3 is 2.79 bits per heavy atom. The first kappa shape index (κ1) is 12.0. The van der Waals surface area contributed by atoms with Gasteiger partial charge in [-0.15, -0.1) is 0 Å². The Kier molecular flexibility index (Phi) is 2.87. The smallest absolute Gasteiger partial charge is 0.230 e. The van der Waals surface area contributed by atoms with Crippen LogP contribution in [0.1, 0.15) is 0 Å². The molecule has 6 heteroatoms. The molecule has 1 aromatic carbocycles. The predicted molar refractivity (Wildman–Crippen MR) is 71.7 cm³/mol. The Balaban J connectivity index is 2.22. The molecule has 0 spiro atoms. The molecule has 2 aromatic heterocycles. The van der Waals surface area contributed by atoms with Crippen LogP contribution in [0.25, 0.3) is 22.4 Å². The highest BCUT2D eigenvalue weighted by Crippen LogP contribution is 2.39. The summed E-state index contributed by atoms with van der Waals surface area (Å²) < 4.78 is 24.0. The number of benzene rings is 1. The molecule has 96 valence electrons. The third-order valence-electron chi connectivity index (χ3n) is 2.70. The number of anilines is 1. The zero-order valence-corrected chi connectivity index (χ0v) is 11.1. The van der Waals surface area contributed by atoms with Gasteiger partial charge >= 0.3 is 0 Å². The average Bonchev–Trinajstić information content (AvgIpc) is 2.95. The van der Waals surface area contributed by atoms with Gasteiger partial charge in [-0.2, -0.15) is 0 Å². The van der Waals surface area contributed by atoms with Crippen LogP contribution in [0.15, 0.2) is 50.2 Å². The standard InChI is InChI=1S/C13H8BrFN2O2/c14-12-9(4-5-18-12)11-10(13(16)19-17-11)7-2-1-3-8(15)6-7/h1-6H,16H2. The first-order chi connectivity index (χ1) is 9.16. The minimum absolute atomic E-state index is 0.133. The van der Waals surface area contributed by atoms with Crippen LogP contribution >= 0.6 is 15.9 Å². The van der Waals surface area contributed by atoms with E-state index in [-0.39, 0.29) is 11.7 Å². The lowest BCUT2D eigenvalue weighted by atomic mass is 10.0. The number of nitrogen functional groups attached to an aromatic ring is 1. The number of furan rings is 1. The zero-order valence-electron chi connectivity index (χ0n) is 9.56. The lowest BCUT2D eigenvalue weighted by molar-refractivity contribution is 0.439. The van der Waals surface area contributed by atoms with E-state index >= 15 is 0 Å². The molecule has 0 aliphatic rings. The van der Waals surface area contributed by atoms with E-state index in [9.17, 15) is 4.39 Å². The Morgan fingerprint density at radius 1 is 1.26 bits per heavy atom. The van der Waals surface area contributed by atoms with Crippen LogP contribution < -0.4 is 5.73 Å². The molecular weight excluding hydrogens is 315 g/mol. The van der Waals surface area contributed by atoms with Gasteiger partial charge in [0.1, 0.15) is 11.5 Å². The Hall–Kier alpha value is -2.08. The van der Waals surface area contributed by atoms with Crippen LogP contribution in [0, 0.1) is 5.82 Å². The number of rotatable bonds is 2. The maximum absolute atomic E-state index is 13.3. The average molecular weight is 323 g/mol. The van der Waals surface area contributed by atoms with E-state index in [2.05, 4.69) is 21.1 Å². The van der Waals surface area contributed by atoms with Crippen molar-refractivity contribution >= 4 is 21.8 Å². The van der Waals surface area contributed by atoms with E-state index in [1.807, 2.05) is 0 Å². The molecule has 3 aromatic rings. The van der Waals surface area contributed by atoms with Gasteiger partial charge in [0, 0.05) is 0 Å². The molecule has 0 unspecified atom stereocenters. The molecule has 0 aliphatic heterocycles. The number of nitrogens with two attached hydrogens (primary N) is 1. The highest BCUT2D eigenvalue weighted by molar-refractivity contribution is 9.10. The molecule has 3 rings (SSSR count). The van der Waals surface area contributed by atoms with Crippen molar-refractivity contribution in [3.63, 3.8) is 0 Å². The SMILES string of the molecule is Nc1onc(-c2ccoc2Br)c1-c1cccc(F)c1. The van der Waals surface area contributed by atoms with Crippen LogP contribution in [0.5, 0.6) is 0 Å². The van der Waals surface area contributed by atoms with Crippen molar-refractivity contribution in [3.8, 4) is 22.4 Å². The zero-order chi connectivity index (χ0) is 13.4. The Bertz CT molecular complexity index is 736. The lowest BCUT2D eigenvalue weighted by Gasteiger charge is -2.01. The van der Waals surface area contributed by atoms with Gasteiger partial charge in [0.05, 0.1) is 17.4 Å². The van der Waals surface area contributed by atoms with Gasteiger partial charge in [-0.05, 0) is 39.7 Å². The predicted octanol–water partition coefficient (Wildman–Crippen LogP) is 4.09. The van der Waals surface area contributed by atoms with Crippen molar-refractivity contribution in [2.75, 3.05) is 5.73 Å². The molecular formula is C13H8BrFN2O2. The maximum Gasteiger partial charge on any atom is 0.230 e. The topological polar surface area (TPSA) is 65.2 Å². The van der Waals surface area contributed by atoms with Gasteiger partial charge in [-0.25, -0.2) is 4.39 Å². The fourth-order valence-electron chi connectivity index (χ4n) is 1.87. The molecule has 0 atom stereocenters. The normalized spacial score (nSPS) is 10.8. The van der Waals surface area contributed by atoms with E-state index < -0.39 is 0 Å². The van der Waals surface area contributed by atoms with Crippen LogP contribution in [0.2, 0.25) is 0 Å². The van der Waals surface area contributed by atoms with Gasteiger partial charge in [0.2, 0.25) is 5.88 Å². The summed E-state index contributed by atoms with van der Waals surface area (Å²) in [5.41, 5.74) is 8.12. The minimum Gasteiger partial charge on any atom is -0.457 e. The molecule has 0 aliphatic carbocycles. The van der Waals surface area contributed by atoms with E-state index in [0.29, 0.717) is 27.1 Å². The summed E-state index contributed by atoms with van der Waals surface area (Å²) in [4.78, 5) is 0. The molecule has 0 radical (unpaired) electrons. The minimum atomic E-state index is -0.352. The van der Waals surface area contributed by atoms with Gasteiger partial charge in [-0.1, -0.05) is 17.3 Å². The largest absolute Gasteiger partial charge is 0.457 e. The molecule has 0 saturated heterocycles. The van der Waals surface area contributed by atoms with E-state index in [1.165, 1.54) is 18.4 Å². The van der Waals surface area contributed by atoms with Crippen molar-refractivity contribution in [3.05, 3.63) is 47.1 Å². The van der Waals surface area contributed by atoms with E-state index in [0.717, 1.165) is 0 Å².